The highest BCUT2D eigenvalue weighted by molar-refractivity contribution is 6.32. The third kappa shape index (κ3) is 2.90. The second-order valence-electron chi connectivity index (χ2n) is 5.01. The van der Waals surface area contributed by atoms with Crippen LogP contribution in [0.3, 0.4) is 0 Å². The van der Waals surface area contributed by atoms with Crippen molar-refractivity contribution < 1.29 is 4.74 Å². The standard InChI is InChI=1S/C14H21ClN2O/c1-10-6-14(18-3)12(15)7-13(10)17(2)9-11-4-5-16-8-11/h6-7,11,16H,4-5,8-9H2,1-3H3. The number of nitrogens with one attached hydrogen (secondary N) is 1. The molecular formula is C14H21ClN2O. The zero-order chi connectivity index (χ0) is 13.1. The Morgan fingerprint density at radius 1 is 1.50 bits per heavy atom. The first kappa shape index (κ1) is 13.5. The van der Waals surface area contributed by atoms with Gasteiger partial charge in [-0.25, -0.2) is 0 Å². The molecule has 0 bridgehead atoms. The fourth-order valence-electron chi connectivity index (χ4n) is 2.57. The van der Waals surface area contributed by atoms with Gasteiger partial charge in [-0.15, -0.1) is 0 Å². The first-order valence-electron chi connectivity index (χ1n) is 6.37. The molecule has 1 aliphatic rings. The smallest absolute Gasteiger partial charge is 0.137 e. The molecule has 1 saturated heterocycles. The van der Waals surface area contributed by atoms with Gasteiger partial charge >= 0.3 is 0 Å². The molecule has 3 nitrogen and oxygen atoms in total. The van der Waals surface area contributed by atoms with E-state index in [1.54, 1.807) is 7.11 Å². The van der Waals surface area contributed by atoms with Crippen LogP contribution in [0.2, 0.25) is 5.02 Å². The Bertz CT molecular complexity index is 417. The van der Waals surface area contributed by atoms with Crippen LogP contribution in [0.1, 0.15) is 12.0 Å². The SMILES string of the molecule is COc1cc(C)c(N(C)CC2CCNC2)cc1Cl. The van der Waals surface area contributed by atoms with Crippen LogP contribution in [0.4, 0.5) is 5.69 Å². The summed E-state index contributed by atoms with van der Waals surface area (Å²) in [6.07, 6.45) is 1.26. The molecule has 1 unspecified atom stereocenters. The van der Waals surface area contributed by atoms with Crippen molar-refractivity contribution in [3.05, 3.63) is 22.7 Å². The maximum Gasteiger partial charge on any atom is 0.137 e. The van der Waals surface area contributed by atoms with Gasteiger partial charge in [0.25, 0.3) is 0 Å². The Morgan fingerprint density at radius 2 is 2.28 bits per heavy atom. The van der Waals surface area contributed by atoms with E-state index in [2.05, 4.69) is 24.2 Å². The van der Waals surface area contributed by atoms with E-state index in [1.165, 1.54) is 17.7 Å². The molecule has 1 N–H and O–H groups in total. The molecule has 4 heteroatoms. The summed E-state index contributed by atoms with van der Waals surface area (Å²) >= 11 is 6.20. The van der Waals surface area contributed by atoms with Gasteiger partial charge in [0.05, 0.1) is 12.1 Å². The van der Waals surface area contributed by atoms with Gasteiger partial charge in [-0.2, -0.15) is 0 Å². The molecule has 1 fully saturated rings. The molecule has 0 saturated carbocycles. The lowest BCUT2D eigenvalue weighted by Crippen LogP contribution is -2.27. The molecule has 0 aromatic heterocycles. The lowest BCUT2D eigenvalue weighted by molar-refractivity contribution is 0.414. The lowest BCUT2D eigenvalue weighted by atomic mass is 10.1. The van der Waals surface area contributed by atoms with Gasteiger partial charge < -0.3 is 15.0 Å². The molecule has 2 rings (SSSR count). The van der Waals surface area contributed by atoms with Crippen molar-refractivity contribution >= 4 is 17.3 Å². The van der Waals surface area contributed by atoms with Gasteiger partial charge in [0, 0.05) is 19.3 Å². The summed E-state index contributed by atoms with van der Waals surface area (Å²) in [6, 6.07) is 4.00. The minimum Gasteiger partial charge on any atom is -0.495 e. The minimum absolute atomic E-state index is 0.675. The third-order valence-corrected chi connectivity index (χ3v) is 3.87. The van der Waals surface area contributed by atoms with E-state index >= 15 is 0 Å². The van der Waals surface area contributed by atoms with Crippen molar-refractivity contribution in [1.29, 1.82) is 0 Å². The monoisotopic (exact) mass is 268 g/mol. The van der Waals surface area contributed by atoms with Crippen LogP contribution < -0.4 is 15.0 Å². The number of halogens is 1. The highest BCUT2D eigenvalue weighted by Crippen LogP contribution is 2.32. The van der Waals surface area contributed by atoms with Crippen LogP contribution in [0.15, 0.2) is 12.1 Å². The summed E-state index contributed by atoms with van der Waals surface area (Å²) in [4.78, 5) is 2.29. The largest absolute Gasteiger partial charge is 0.495 e. The summed E-state index contributed by atoms with van der Waals surface area (Å²) in [5, 5.41) is 4.08. The zero-order valence-corrected chi connectivity index (χ0v) is 12.0. The van der Waals surface area contributed by atoms with E-state index in [9.17, 15) is 0 Å². The summed E-state index contributed by atoms with van der Waals surface area (Å²) in [6.45, 7) is 5.42. The number of nitrogens with zero attached hydrogens (tertiary/aromatic N) is 1. The molecular weight excluding hydrogens is 248 g/mol. The predicted molar refractivity (Wildman–Crippen MR) is 77.0 cm³/mol. The molecule has 1 aromatic rings. The molecule has 1 aliphatic heterocycles. The van der Waals surface area contributed by atoms with Crippen molar-refractivity contribution in [3.63, 3.8) is 0 Å². The van der Waals surface area contributed by atoms with Crippen LogP contribution in [0.25, 0.3) is 0 Å². The number of hydrogen-bond acceptors (Lipinski definition) is 3. The second kappa shape index (κ2) is 5.81. The first-order chi connectivity index (χ1) is 8.61. The number of benzene rings is 1. The minimum atomic E-state index is 0.675. The van der Waals surface area contributed by atoms with Gasteiger partial charge in [0.1, 0.15) is 5.75 Å². The Hall–Kier alpha value is -0.930. The van der Waals surface area contributed by atoms with Gasteiger partial charge in [0.15, 0.2) is 0 Å². The molecule has 0 amide bonds. The number of anilines is 1. The van der Waals surface area contributed by atoms with E-state index in [4.69, 9.17) is 16.3 Å². The van der Waals surface area contributed by atoms with Gasteiger partial charge in [0.2, 0.25) is 0 Å². The summed E-state index contributed by atoms with van der Waals surface area (Å²) in [5.74, 6) is 1.48. The van der Waals surface area contributed by atoms with E-state index in [-0.39, 0.29) is 0 Å². The average Bonchev–Trinajstić information content (AvgIpc) is 2.84. The average molecular weight is 269 g/mol. The topological polar surface area (TPSA) is 24.5 Å². The number of rotatable bonds is 4. The van der Waals surface area contributed by atoms with Crippen LogP contribution >= 0.6 is 11.6 Å². The highest BCUT2D eigenvalue weighted by atomic mass is 35.5. The third-order valence-electron chi connectivity index (χ3n) is 3.58. The molecule has 1 heterocycles. The molecule has 0 spiro atoms. The Balaban J connectivity index is 2.13. The quantitative estimate of drug-likeness (QED) is 0.909. The molecule has 1 aromatic carbocycles. The van der Waals surface area contributed by atoms with Gasteiger partial charge in [-0.05, 0) is 50.0 Å². The first-order valence-corrected chi connectivity index (χ1v) is 6.75. The van der Waals surface area contributed by atoms with Crippen molar-refractivity contribution in [1.82, 2.24) is 5.32 Å². The molecule has 0 radical (unpaired) electrons. The summed E-state index contributed by atoms with van der Waals surface area (Å²) < 4.78 is 5.23. The second-order valence-corrected chi connectivity index (χ2v) is 5.42. The van der Waals surface area contributed by atoms with E-state index < -0.39 is 0 Å². The van der Waals surface area contributed by atoms with Crippen LogP contribution in [0, 0.1) is 12.8 Å². The van der Waals surface area contributed by atoms with Crippen molar-refractivity contribution in [2.75, 3.05) is 38.7 Å². The molecule has 1 atom stereocenters. The van der Waals surface area contributed by atoms with E-state index in [1.807, 2.05) is 12.1 Å². The van der Waals surface area contributed by atoms with Gasteiger partial charge in [-0.1, -0.05) is 11.6 Å². The number of hydrogen-bond donors (Lipinski definition) is 1. The van der Waals surface area contributed by atoms with Crippen molar-refractivity contribution in [2.24, 2.45) is 5.92 Å². The molecule has 18 heavy (non-hydrogen) atoms. The maximum atomic E-state index is 6.20. The normalized spacial score (nSPS) is 19.0. The zero-order valence-electron chi connectivity index (χ0n) is 11.3. The molecule has 0 aliphatic carbocycles. The number of ether oxygens (including phenoxy) is 1. The predicted octanol–water partition coefficient (Wildman–Crippen LogP) is 2.70. The van der Waals surface area contributed by atoms with Crippen LogP contribution in [-0.4, -0.2) is 33.8 Å². The maximum absolute atomic E-state index is 6.20. The highest BCUT2D eigenvalue weighted by Gasteiger charge is 2.18. The number of methoxy groups -OCH3 is 1. The Kier molecular flexibility index (Phi) is 4.36. The van der Waals surface area contributed by atoms with E-state index in [0.29, 0.717) is 5.02 Å². The van der Waals surface area contributed by atoms with Crippen LogP contribution in [-0.2, 0) is 0 Å². The number of aryl methyl sites for hydroxylation is 1. The summed E-state index contributed by atoms with van der Waals surface area (Å²) in [5.41, 5.74) is 2.39. The summed E-state index contributed by atoms with van der Waals surface area (Å²) in [7, 11) is 3.78. The van der Waals surface area contributed by atoms with Crippen LogP contribution in [0.5, 0.6) is 5.75 Å². The van der Waals surface area contributed by atoms with Crippen molar-refractivity contribution in [3.8, 4) is 5.75 Å². The fraction of sp³-hybridized carbons (Fsp3) is 0.571. The fourth-order valence-corrected chi connectivity index (χ4v) is 2.80. The Morgan fingerprint density at radius 3 is 2.89 bits per heavy atom. The Labute approximate surface area is 114 Å². The lowest BCUT2D eigenvalue weighted by Gasteiger charge is -2.25. The molecule has 100 valence electrons. The van der Waals surface area contributed by atoms with Gasteiger partial charge in [-0.3, -0.25) is 0 Å². The van der Waals surface area contributed by atoms with Crippen molar-refractivity contribution in [2.45, 2.75) is 13.3 Å². The van der Waals surface area contributed by atoms with E-state index in [0.717, 1.165) is 31.3 Å².